The van der Waals surface area contributed by atoms with Crippen molar-refractivity contribution in [1.29, 1.82) is 0 Å². The maximum Gasteiger partial charge on any atom is 0.270 e. The second-order valence-electron chi connectivity index (χ2n) is 6.13. The number of para-hydroxylation sites is 1. The lowest BCUT2D eigenvalue weighted by atomic mass is 10.1. The molecule has 0 saturated carbocycles. The molecule has 0 bridgehead atoms. The molecule has 3 aromatic rings. The Kier molecular flexibility index (Phi) is 5.42. The van der Waals surface area contributed by atoms with Gasteiger partial charge < -0.3 is 15.2 Å². The number of carbonyl (C=O) groups is 2. The number of nitrogens with one attached hydrogen (secondary N) is 2. The third kappa shape index (κ3) is 3.96. The second-order valence-corrected chi connectivity index (χ2v) is 7.05. The van der Waals surface area contributed by atoms with E-state index in [9.17, 15) is 9.59 Å². The van der Waals surface area contributed by atoms with Crippen LogP contribution in [0.15, 0.2) is 53.0 Å². The van der Waals surface area contributed by atoms with Gasteiger partial charge in [-0.2, -0.15) is 0 Å². The van der Waals surface area contributed by atoms with Gasteiger partial charge in [0.25, 0.3) is 5.91 Å². The summed E-state index contributed by atoms with van der Waals surface area (Å²) >= 11 is 3.42. The van der Waals surface area contributed by atoms with Gasteiger partial charge in [0, 0.05) is 28.1 Å². The summed E-state index contributed by atoms with van der Waals surface area (Å²) in [5, 5.41) is 3.83. The first-order valence-corrected chi connectivity index (χ1v) is 9.18. The highest BCUT2D eigenvalue weighted by Gasteiger charge is 2.17. The number of nitrogens with zero attached hydrogens (tertiary/aromatic N) is 1. The molecule has 3 rings (SSSR count). The van der Waals surface area contributed by atoms with Crippen LogP contribution in [0.2, 0.25) is 0 Å². The number of likely N-dealkylation sites (N-methyl/N-ethyl adjacent to an activating group) is 1. The van der Waals surface area contributed by atoms with Gasteiger partial charge >= 0.3 is 0 Å². The summed E-state index contributed by atoms with van der Waals surface area (Å²) in [6.07, 6.45) is 0.829. The number of benzene rings is 2. The van der Waals surface area contributed by atoms with Crippen molar-refractivity contribution < 1.29 is 9.59 Å². The Morgan fingerprint density at radius 1 is 1.15 bits per heavy atom. The molecule has 6 heteroatoms. The van der Waals surface area contributed by atoms with E-state index in [1.807, 2.05) is 49.4 Å². The zero-order valence-corrected chi connectivity index (χ0v) is 16.3. The van der Waals surface area contributed by atoms with Gasteiger partial charge in [-0.1, -0.05) is 47.1 Å². The van der Waals surface area contributed by atoms with Crippen molar-refractivity contribution in [2.45, 2.75) is 13.3 Å². The molecule has 0 unspecified atom stereocenters. The summed E-state index contributed by atoms with van der Waals surface area (Å²) in [7, 11) is 1.62. The lowest BCUT2D eigenvalue weighted by Crippen LogP contribution is -2.35. The number of hydrogen-bond acceptors (Lipinski definition) is 2. The van der Waals surface area contributed by atoms with Crippen molar-refractivity contribution >= 4 is 44.3 Å². The third-order valence-corrected chi connectivity index (χ3v) is 4.71. The quantitative estimate of drug-likeness (QED) is 0.657. The second kappa shape index (κ2) is 7.74. The topological polar surface area (TPSA) is 65.2 Å². The number of amides is 2. The minimum Gasteiger partial charge on any atom is -0.350 e. The SMILES string of the molecule is CCc1ccccc1NC(=O)CN(C)C(=O)c1cc2ccc(Br)cc2[nH]1. The number of hydrogen-bond donors (Lipinski definition) is 2. The van der Waals surface area contributed by atoms with Crippen molar-refractivity contribution in [3.05, 3.63) is 64.3 Å². The Hall–Kier alpha value is -2.60. The molecule has 0 spiro atoms. The number of aromatic nitrogens is 1. The summed E-state index contributed by atoms with van der Waals surface area (Å²) in [6.45, 7) is 2.02. The molecule has 134 valence electrons. The molecule has 0 aliphatic heterocycles. The molecule has 0 saturated heterocycles. The predicted molar refractivity (Wildman–Crippen MR) is 107 cm³/mol. The molecule has 2 amide bonds. The Bertz CT molecular complexity index is 965. The molecule has 0 radical (unpaired) electrons. The first-order valence-electron chi connectivity index (χ1n) is 8.39. The molecule has 26 heavy (non-hydrogen) atoms. The molecule has 0 aliphatic rings. The molecule has 0 fully saturated rings. The lowest BCUT2D eigenvalue weighted by Gasteiger charge is -2.17. The van der Waals surface area contributed by atoms with E-state index >= 15 is 0 Å². The first-order chi connectivity index (χ1) is 12.5. The fourth-order valence-electron chi connectivity index (χ4n) is 2.85. The highest BCUT2D eigenvalue weighted by molar-refractivity contribution is 9.10. The van der Waals surface area contributed by atoms with Crippen LogP contribution in [0.25, 0.3) is 10.9 Å². The minimum absolute atomic E-state index is 0.0179. The number of aromatic amines is 1. The number of H-pyrrole nitrogens is 1. The zero-order valence-electron chi connectivity index (χ0n) is 14.7. The fraction of sp³-hybridized carbons (Fsp3) is 0.200. The van der Waals surface area contributed by atoms with Crippen molar-refractivity contribution in [3.8, 4) is 0 Å². The summed E-state index contributed by atoms with van der Waals surface area (Å²) in [4.78, 5) is 29.4. The van der Waals surface area contributed by atoms with Crippen molar-refractivity contribution in [2.75, 3.05) is 18.9 Å². The molecule has 2 aromatic carbocycles. The average Bonchev–Trinajstić information content (AvgIpc) is 3.04. The Morgan fingerprint density at radius 3 is 2.69 bits per heavy atom. The van der Waals surface area contributed by atoms with Gasteiger partial charge in [-0.05, 0) is 36.2 Å². The molecule has 0 aliphatic carbocycles. The van der Waals surface area contributed by atoms with E-state index in [2.05, 4.69) is 26.2 Å². The van der Waals surface area contributed by atoms with Crippen molar-refractivity contribution in [3.63, 3.8) is 0 Å². The summed E-state index contributed by atoms with van der Waals surface area (Å²) in [5.74, 6) is -0.447. The molecule has 2 N–H and O–H groups in total. The van der Waals surface area contributed by atoms with Crippen molar-refractivity contribution in [2.24, 2.45) is 0 Å². The van der Waals surface area contributed by atoms with Gasteiger partial charge in [0.1, 0.15) is 5.69 Å². The van der Waals surface area contributed by atoms with Crippen LogP contribution >= 0.6 is 15.9 Å². The molecule has 0 atom stereocenters. The smallest absolute Gasteiger partial charge is 0.270 e. The van der Waals surface area contributed by atoms with E-state index in [1.165, 1.54) is 4.90 Å². The Balaban J connectivity index is 1.69. The van der Waals surface area contributed by atoms with Gasteiger partial charge in [0.2, 0.25) is 5.91 Å². The highest BCUT2D eigenvalue weighted by atomic mass is 79.9. The molecule has 1 aromatic heterocycles. The van der Waals surface area contributed by atoms with Crippen LogP contribution in [-0.4, -0.2) is 35.3 Å². The van der Waals surface area contributed by atoms with Gasteiger partial charge in [-0.3, -0.25) is 9.59 Å². The number of carbonyl (C=O) groups excluding carboxylic acids is 2. The summed E-state index contributed by atoms with van der Waals surface area (Å²) in [6, 6.07) is 15.2. The van der Waals surface area contributed by atoms with E-state index in [0.29, 0.717) is 5.69 Å². The largest absolute Gasteiger partial charge is 0.350 e. The lowest BCUT2D eigenvalue weighted by molar-refractivity contribution is -0.116. The molecule has 1 heterocycles. The van der Waals surface area contributed by atoms with Crippen LogP contribution in [-0.2, 0) is 11.2 Å². The number of rotatable bonds is 5. The first kappa shape index (κ1) is 18.2. The molecular weight excluding hydrogens is 394 g/mol. The predicted octanol–water partition coefficient (Wildman–Crippen LogP) is 4.20. The average molecular weight is 414 g/mol. The van der Waals surface area contributed by atoms with Gasteiger partial charge in [0.05, 0.1) is 6.54 Å². The van der Waals surface area contributed by atoms with E-state index in [-0.39, 0.29) is 18.4 Å². The third-order valence-electron chi connectivity index (χ3n) is 4.21. The highest BCUT2D eigenvalue weighted by Crippen LogP contribution is 2.21. The number of fused-ring (bicyclic) bond motifs is 1. The fourth-order valence-corrected chi connectivity index (χ4v) is 3.21. The molecule has 5 nitrogen and oxygen atoms in total. The van der Waals surface area contributed by atoms with E-state index in [4.69, 9.17) is 0 Å². The van der Waals surface area contributed by atoms with Crippen LogP contribution in [0.5, 0.6) is 0 Å². The number of aryl methyl sites for hydroxylation is 1. The van der Waals surface area contributed by atoms with Crippen LogP contribution in [0.3, 0.4) is 0 Å². The van der Waals surface area contributed by atoms with E-state index in [0.717, 1.165) is 33.0 Å². The Labute approximate surface area is 160 Å². The van der Waals surface area contributed by atoms with Crippen LogP contribution < -0.4 is 5.32 Å². The van der Waals surface area contributed by atoms with E-state index in [1.54, 1.807) is 13.1 Å². The minimum atomic E-state index is -0.226. The van der Waals surface area contributed by atoms with Crippen LogP contribution in [0, 0.1) is 0 Å². The van der Waals surface area contributed by atoms with Crippen molar-refractivity contribution in [1.82, 2.24) is 9.88 Å². The Morgan fingerprint density at radius 2 is 1.92 bits per heavy atom. The van der Waals surface area contributed by atoms with E-state index < -0.39 is 0 Å². The standard InChI is InChI=1S/C20H20BrN3O2/c1-3-13-6-4-5-7-16(13)23-19(25)12-24(2)20(26)18-10-14-8-9-15(21)11-17(14)22-18/h4-11,22H,3,12H2,1-2H3,(H,23,25). The van der Waals surface area contributed by atoms with Gasteiger partial charge in [0.15, 0.2) is 0 Å². The summed E-state index contributed by atoms with van der Waals surface area (Å²) < 4.78 is 0.938. The summed E-state index contributed by atoms with van der Waals surface area (Å²) in [5.41, 5.74) is 3.19. The number of halogens is 1. The van der Waals surface area contributed by atoms with Crippen LogP contribution in [0.4, 0.5) is 5.69 Å². The normalized spacial score (nSPS) is 10.7. The number of anilines is 1. The monoisotopic (exact) mass is 413 g/mol. The maximum absolute atomic E-state index is 12.6. The molecular formula is C20H20BrN3O2. The maximum atomic E-state index is 12.6. The van der Waals surface area contributed by atoms with Crippen LogP contribution in [0.1, 0.15) is 23.0 Å². The zero-order chi connectivity index (χ0) is 18.7. The van der Waals surface area contributed by atoms with Gasteiger partial charge in [-0.15, -0.1) is 0 Å². The van der Waals surface area contributed by atoms with Gasteiger partial charge in [-0.25, -0.2) is 0 Å².